The maximum atomic E-state index is 10.2. The van der Waals surface area contributed by atoms with Gasteiger partial charge in [-0.2, -0.15) is 0 Å². The van der Waals surface area contributed by atoms with Crippen LogP contribution >= 0.6 is 0 Å². The molecule has 12 nitrogen and oxygen atoms in total. The molecule has 41 heavy (non-hydrogen) atoms. The molecule has 0 aromatic heterocycles. The number of carboxylic acids is 4. The average Bonchev–Trinajstić information content (AvgIpc) is 2.90. The first-order chi connectivity index (χ1) is 18.9. The first kappa shape index (κ1) is 35.6. The van der Waals surface area contributed by atoms with Gasteiger partial charge in [0.25, 0.3) is 0 Å². The van der Waals surface area contributed by atoms with Gasteiger partial charge in [-0.3, -0.25) is 0 Å². The van der Waals surface area contributed by atoms with Crippen molar-refractivity contribution in [2.24, 2.45) is 0 Å². The van der Waals surface area contributed by atoms with Crippen LogP contribution in [0.4, 0.5) is 0 Å². The predicted molar refractivity (Wildman–Crippen MR) is 130 cm³/mol. The number of phenols is 4. The fourth-order valence-electron chi connectivity index (χ4n) is 2.59. The molecule has 0 aliphatic carbocycles. The minimum absolute atomic E-state index is 0. The summed E-state index contributed by atoms with van der Waals surface area (Å²) in [5.41, 5.74) is -0.713. The summed E-state index contributed by atoms with van der Waals surface area (Å²) in [6.07, 6.45) is 0. The molecular formula is C28H20O12W. The number of benzene rings is 4. The van der Waals surface area contributed by atoms with Gasteiger partial charge in [-0.05, 0) is 48.5 Å². The van der Waals surface area contributed by atoms with Crippen molar-refractivity contribution in [1.82, 2.24) is 0 Å². The van der Waals surface area contributed by atoms with Crippen LogP contribution in [0.15, 0.2) is 97.1 Å². The van der Waals surface area contributed by atoms with Crippen LogP contribution in [0.2, 0.25) is 0 Å². The standard InChI is InChI=1S/4C7H6O3.W/c4*8-6-4-2-1-3-5(6)7(9)10;/h4*1-4,8H,(H,9,10);/q;;;;+4/p-4. The van der Waals surface area contributed by atoms with Gasteiger partial charge in [0.15, 0.2) is 0 Å². The van der Waals surface area contributed by atoms with Crippen molar-refractivity contribution in [1.29, 1.82) is 0 Å². The van der Waals surface area contributed by atoms with E-state index >= 15 is 0 Å². The summed E-state index contributed by atoms with van der Waals surface area (Å²) in [6, 6.07) is 22.6. The Morgan fingerprint density at radius 1 is 0.366 bits per heavy atom. The molecule has 210 valence electrons. The zero-order valence-corrected chi connectivity index (χ0v) is 23.6. The van der Waals surface area contributed by atoms with Gasteiger partial charge in [-0.15, -0.1) is 0 Å². The van der Waals surface area contributed by atoms with Crippen molar-refractivity contribution in [2.45, 2.75) is 0 Å². The number of carbonyl (C=O) groups excluding carboxylic acids is 4. The molecule has 0 heterocycles. The maximum Gasteiger partial charge on any atom is 4.00 e. The van der Waals surface area contributed by atoms with Crippen molar-refractivity contribution in [2.75, 3.05) is 0 Å². The van der Waals surface area contributed by atoms with Gasteiger partial charge in [0, 0.05) is 22.3 Å². The maximum absolute atomic E-state index is 10.2. The summed E-state index contributed by atoms with van der Waals surface area (Å²) in [5.74, 6) is -6.50. The second-order valence-electron chi connectivity index (χ2n) is 7.22. The molecule has 0 aliphatic rings. The van der Waals surface area contributed by atoms with E-state index in [9.17, 15) is 39.6 Å². The van der Waals surface area contributed by atoms with E-state index in [-0.39, 0.29) is 66.3 Å². The van der Waals surface area contributed by atoms with Crippen LogP contribution in [0.3, 0.4) is 0 Å². The van der Waals surface area contributed by atoms with Crippen LogP contribution in [0.25, 0.3) is 0 Å². The number of aromatic hydroxyl groups is 4. The van der Waals surface area contributed by atoms with Crippen molar-refractivity contribution < 1.29 is 81.1 Å². The molecule has 0 saturated carbocycles. The van der Waals surface area contributed by atoms with E-state index in [0.717, 1.165) is 0 Å². The summed E-state index contributed by atoms with van der Waals surface area (Å²) in [7, 11) is 0. The number of carbonyl (C=O) groups is 4. The van der Waals surface area contributed by atoms with E-state index in [1.807, 2.05) is 0 Å². The summed E-state index contributed by atoms with van der Waals surface area (Å²) < 4.78 is 0. The largest absolute Gasteiger partial charge is 4.00 e. The molecule has 0 saturated heterocycles. The van der Waals surface area contributed by atoms with Crippen LogP contribution in [0, 0.1) is 0 Å². The van der Waals surface area contributed by atoms with E-state index in [1.165, 1.54) is 72.8 Å². The van der Waals surface area contributed by atoms with Crippen molar-refractivity contribution in [3.63, 3.8) is 0 Å². The third-order valence-electron chi connectivity index (χ3n) is 4.50. The Bertz CT molecular complexity index is 1250. The normalized spacial score (nSPS) is 8.98. The van der Waals surface area contributed by atoms with Crippen molar-refractivity contribution in [3.05, 3.63) is 119 Å². The molecule has 0 fully saturated rings. The van der Waals surface area contributed by atoms with Gasteiger partial charge in [-0.1, -0.05) is 48.5 Å². The minimum Gasteiger partial charge on any atom is -0.545 e. The van der Waals surface area contributed by atoms with Crippen molar-refractivity contribution in [3.8, 4) is 23.0 Å². The molecule has 0 radical (unpaired) electrons. The monoisotopic (exact) mass is 732 g/mol. The fraction of sp³-hybridized carbons (Fsp3) is 0. The first-order valence-electron chi connectivity index (χ1n) is 10.8. The SMILES string of the molecule is O=C([O-])c1ccccc1O.O=C([O-])c1ccccc1O.O=C([O-])c1ccccc1O.O=C([O-])c1ccccc1O.[W+4]. The van der Waals surface area contributed by atoms with E-state index in [0.29, 0.717) is 0 Å². The van der Waals surface area contributed by atoms with Crippen LogP contribution in [-0.2, 0) is 21.1 Å². The first-order valence-corrected chi connectivity index (χ1v) is 10.8. The molecule has 4 aromatic carbocycles. The van der Waals surface area contributed by atoms with E-state index in [1.54, 1.807) is 24.3 Å². The molecule has 13 heteroatoms. The second-order valence-corrected chi connectivity index (χ2v) is 7.22. The van der Waals surface area contributed by atoms with E-state index < -0.39 is 23.9 Å². The Labute approximate surface area is 246 Å². The van der Waals surface area contributed by atoms with Crippen LogP contribution in [0.5, 0.6) is 23.0 Å². The second kappa shape index (κ2) is 18.0. The Kier molecular flexibility index (Phi) is 15.7. The molecule has 4 aromatic rings. The van der Waals surface area contributed by atoms with E-state index in [2.05, 4.69) is 0 Å². The third kappa shape index (κ3) is 12.4. The van der Waals surface area contributed by atoms with Gasteiger partial charge >= 0.3 is 21.1 Å². The Balaban J connectivity index is 0.000000516. The van der Waals surface area contributed by atoms with E-state index in [4.69, 9.17) is 20.4 Å². The number of rotatable bonds is 4. The number of hydrogen-bond donors (Lipinski definition) is 4. The molecule has 0 aliphatic heterocycles. The summed E-state index contributed by atoms with van der Waals surface area (Å²) >= 11 is 0. The van der Waals surface area contributed by atoms with Crippen LogP contribution in [0.1, 0.15) is 41.4 Å². The zero-order valence-electron chi connectivity index (χ0n) is 20.7. The molecule has 4 N–H and O–H groups in total. The summed E-state index contributed by atoms with van der Waals surface area (Å²) in [6.45, 7) is 0. The Morgan fingerprint density at radius 3 is 0.610 bits per heavy atom. The number of carboxylic acid groups (broad SMARTS) is 4. The summed E-state index contributed by atoms with van der Waals surface area (Å²) in [4.78, 5) is 40.6. The van der Waals surface area contributed by atoms with Crippen LogP contribution in [-0.4, -0.2) is 44.3 Å². The minimum atomic E-state index is -1.36. The van der Waals surface area contributed by atoms with Gasteiger partial charge in [0.1, 0.15) is 23.0 Å². The summed E-state index contributed by atoms with van der Waals surface area (Å²) in [5, 5.41) is 76.0. The quantitative estimate of drug-likeness (QED) is 0.198. The van der Waals surface area contributed by atoms with Gasteiger partial charge in [-0.25, -0.2) is 0 Å². The van der Waals surface area contributed by atoms with Gasteiger partial charge in [0.05, 0.1) is 23.9 Å². The number of para-hydroxylation sites is 4. The third-order valence-corrected chi connectivity index (χ3v) is 4.50. The molecule has 0 bridgehead atoms. The Morgan fingerprint density at radius 2 is 0.512 bits per heavy atom. The topological polar surface area (TPSA) is 241 Å². The molecular weight excluding hydrogens is 712 g/mol. The number of aromatic carboxylic acids is 4. The Hall–Kier alpha value is -5.35. The smallest absolute Gasteiger partial charge is 0.545 e. The zero-order chi connectivity index (χ0) is 30.2. The molecule has 4 rings (SSSR count). The predicted octanol–water partition coefficient (Wildman–Crippen LogP) is -0.980. The molecule has 0 amide bonds. The van der Waals surface area contributed by atoms with Gasteiger partial charge in [0.2, 0.25) is 0 Å². The molecule has 0 unspecified atom stereocenters. The van der Waals surface area contributed by atoms with Gasteiger partial charge < -0.3 is 60.0 Å². The van der Waals surface area contributed by atoms with Crippen molar-refractivity contribution >= 4 is 23.9 Å². The molecule has 0 spiro atoms. The average molecular weight is 732 g/mol. The van der Waals surface area contributed by atoms with Crippen LogP contribution < -0.4 is 20.4 Å². The fourth-order valence-corrected chi connectivity index (χ4v) is 2.59. The number of hydrogen-bond acceptors (Lipinski definition) is 12. The molecule has 0 atom stereocenters.